The molecule has 1 fully saturated rings. The lowest BCUT2D eigenvalue weighted by molar-refractivity contribution is -0.132. The highest BCUT2D eigenvalue weighted by atomic mass is 16.5. The molecule has 0 saturated heterocycles. The summed E-state index contributed by atoms with van der Waals surface area (Å²) in [6.07, 6.45) is 4.02. The molecule has 2 rings (SSSR count). The summed E-state index contributed by atoms with van der Waals surface area (Å²) in [5.41, 5.74) is 1.31. The monoisotopic (exact) mass is 291 g/mol. The third kappa shape index (κ3) is 3.97. The zero-order valence-electron chi connectivity index (χ0n) is 13.2. The van der Waals surface area contributed by atoms with E-state index in [2.05, 4.69) is 0 Å². The van der Waals surface area contributed by atoms with Gasteiger partial charge in [-0.1, -0.05) is 25.0 Å². The molecule has 1 aromatic carbocycles. The van der Waals surface area contributed by atoms with Gasteiger partial charge in [0, 0.05) is 13.6 Å². The van der Waals surface area contributed by atoms with E-state index in [9.17, 15) is 9.90 Å². The number of carbonyl (C=O) groups is 1. The maximum atomic E-state index is 12.3. The van der Waals surface area contributed by atoms with Gasteiger partial charge < -0.3 is 14.7 Å². The fourth-order valence-corrected chi connectivity index (χ4v) is 3.00. The van der Waals surface area contributed by atoms with Crippen LogP contribution in [-0.2, 0) is 11.2 Å². The number of aryl methyl sites for hydroxylation is 1. The standard InChI is InChI=1S/C17H25NO3/c1-13-6-7-14(10-15(13)21-3)11-16(19)18(2)12-17(20)8-4-5-9-17/h6-7,10,20H,4-5,8-9,11-12H2,1-3H3. The molecule has 4 nitrogen and oxygen atoms in total. The van der Waals surface area contributed by atoms with E-state index < -0.39 is 5.60 Å². The maximum absolute atomic E-state index is 12.3. The predicted octanol–water partition coefficient (Wildman–Crippen LogP) is 2.31. The molecule has 0 aromatic heterocycles. The average Bonchev–Trinajstić information content (AvgIpc) is 2.87. The number of nitrogens with zero attached hydrogens (tertiary/aromatic N) is 1. The molecule has 4 heteroatoms. The first-order valence-electron chi connectivity index (χ1n) is 7.53. The Balaban J connectivity index is 1.97. The van der Waals surface area contributed by atoms with E-state index >= 15 is 0 Å². The van der Waals surface area contributed by atoms with Crippen LogP contribution in [0, 0.1) is 6.92 Å². The third-order valence-electron chi connectivity index (χ3n) is 4.32. The molecule has 1 N–H and O–H groups in total. The van der Waals surface area contributed by atoms with Crippen molar-refractivity contribution in [3.8, 4) is 5.75 Å². The Morgan fingerprint density at radius 1 is 1.38 bits per heavy atom. The Morgan fingerprint density at radius 2 is 2.05 bits per heavy atom. The van der Waals surface area contributed by atoms with Crippen molar-refractivity contribution in [1.29, 1.82) is 0 Å². The van der Waals surface area contributed by atoms with Gasteiger partial charge in [-0.25, -0.2) is 0 Å². The third-order valence-corrected chi connectivity index (χ3v) is 4.32. The molecule has 1 aliphatic carbocycles. The minimum Gasteiger partial charge on any atom is -0.496 e. The molecule has 0 spiro atoms. The summed E-state index contributed by atoms with van der Waals surface area (Å²) in [4.78, 5) is 14.0. The number of carbonyl (C=O) groups excluding carboxylic acids is 1. The number of rotatable bonds is 5. The van der Waals surface area contributed by atoms with E-state index in [0.29, 0.717) is 13.0 Å². The van der Waals surface area contributed by atoms with Crippen LogP contribution in [-0.4, -0.2) is 42.2 Å². The van der Waals surface area contributed by atoms with Gasteiger partial charge in [-0.05, 0) is 37.0 Å². The van der Waals surface area contributed by atoms with Gasteiger partial charge in [-0.15, -0.1) is 0 Å². The van der Waals surface area contributed by atoms with Gasteiger partial charge in [-0.3, -0.25) is 4.79 Å². The molecule has 0 atom stereocenters. The lowest BCUT2D eigenvalue weighted by Gasteiger charge is -2.28. The second-order valence-electron chi connectivity index (χ2n) is 6.16. The summed E-state index contributed by atoms with van der Waals surface area (Å²) in [7, 11) is 3.40. The van der Waals surface area contributed by atoms with E-state index in [-0.39, 0.29) is 5.91 Å². The number of methoxy groups -OCH3 is 1. The number of ether oxygens (including phenoxy) is 1. The minimum atomic E-state index is -0.685. The summed E-state index contributed by atoms with van der Waals surface area (Å²) in [6.45, 7) is 2.40. The summed E-state index contributed by atoms with van der Waals surface area (Å²) < 4.78 is 5.29. The van der Waals surface area contributed by atoms with Gasteiger partial charge in [0.15, 0.2) is 0 Å². The predicted molar refractivity (Wildman–Crippen MR) is 82.5 cm³/mol. The van der Waals surface area contributed by atoms with Crippen molar-refractivity contribution in [3.63, 3.8) is 0 Å². The van der Waals surface area contributed by atoms with E-state index in [0.717, 1.165) is 42.6 Å². The Morgan fingerprint density at radius 3 is 2.67 bits per heavy atom. The molecule has 0 bridgehead atoms. The smallest absolute Gasteiger partial charge is 0.226 e. The highest BCUT2D eigenvalue weighted by molar-refractivity contribution is 5.78. The van der Waals surface area contributed by atoms with E-state index in [1.54, 1.807) is 19.1 Å². The van der Waals surface area contributed by atoms with E-state index in [1.165, 1.54) is 0 Å². The second kappa shape index (κ2) is 6.48. The van der Waals surface area contributed by atoms with Gasteiger partial charge in [0.25, 0.3) is 0 Å². The van der Waals surface area contributed by atoms with Gasteiger partial charge in [-0.2, -0.15) is 0 Å². The van der Waals surface area contributed by atoms with Crippen molar-refractivity contribution in [2.75, 3.05) is 20.7 Å². The topological polar surface area (TPSA) is 49.8 Å². The first-order valence-corrected chi connectivity index (χ1v) is 7.53. The van der Waals surface area contributed by atoms with Crippen LogP contribution >= 0.6 is 0 Å². The molecular formula is C17H25NO3. The quantitative estimate of drug-likeness (QED) is 0.905. The van der Waals surface area contributed by atoms with Crippen LogP contribution in [0.2, 0.25) is 0 Å². The highest BCUT2D eigenvalue weighted by Gasteiger charge is 2.33. The Labute approximate surface area is 126 Å². The van der Waals surface area contributed by atoms with Gasteiger partial charge in [0.05, 0.1) is 19.1 Å². The van der Waals surface area contributed by atoms with Crippen LogP contribution < -0.4 is 4.74 Å². The van der Waals surface area contributed by atoms with Crippen LogP contribution in [0.15, 0.2) is 18.2 Å². The van der Waals surface area contributed by atoms with Crippen molar-refractivity contribution < 1.29 is 14.6 Å². The fraction of sp³-hybridized carbons (Fsp3) is 0.588. The molecule has 1 saturated carbocycles. The maximum Gasteiger partial charge on any atom is 0.226 e. The average molecular weight is 291 g/mol. The van der Waals surface area contributed by atoms with E-state index in [4.69, 9.17) is 4.74 Å². The lowest BCUT2D eigenvalue weighted by atomic mass is 10.0. The molecule has 21 heavy (non-hydrogen) atoms. The Kier molecular flexibility index (Phi) is 4.88. The molecule has 1 aliphatic rings. The molecule has 1 aromatic rings. The fourth-order valence-electron chi connectivity index (χ4n) is 3.00. The SMILES string of the molecule is COc1cc(CC(=O)N(C)CC2(O)CCCC2)ccc1C. The number of amides is 1. The van der Waals surface area contributed by atoms with E-state index in [1.807, 2.05) is 25.1 Å². The molecule has 0 radical (unpaired) electrons. The first-order chi connectivity index (χ1) is 9.93. The largest absolute Gasteiger partial charge is 0.496 e. The molecular weight excluding hydrogens is 266 g/mol. The van der Waals surface area contributed by atoms with Crippen LogP contribution in [0.1, 0.15) is 36.8 Å². The molecule has 0 unspecified atom stereocenters. The number of hydrogen-bond acceptors (Lipinski definition) is 3. The highest BCUT2D eigenvalue weighted by Crippen LogP contribution is 2.30. The van der Waals surface area contributed by atoms with Crippen molar-refractivity contribution in [2.45, 2.75) is 44.6 Å². The normalized spacial score (nSPS) is 16.8. The van der Waals surface area contributed by atoms with Crippen molar-refractivity contribution >= 4 is 5.91 Å². The van der Waals surface area contributed by atoms with Crippen LogP contribution in [0.3, 0.4) is 0 Å². The van der Waals surface area contributed by atoms with Crippen LogP contribution in [0.25, 0.3) is 0 Å². The minimum absolute atomic E-state index is 0.0289. The number of aliphatic hydroxyl groups is 1. The second-order valence-corrected chi connectivity index (χ2v) is 6.16. The summed E-state index contributed by atoms with van der Waals surface area (Å²) >= 11 is 0. The van der Waals surface area contributed by atoms with Gasteiger partial charge >= 0.3 is 0 Å². The van der Waals surface area contributed by atoms with Crippen molar-refractivity contribution in [3.05, 3.63) is 29.3 Å². The zero-order valence-corrected chi connectivity index (χ0v) is 13.2. The summed E-state index contributed by atoms with van der Waals surface area (Å²) in [5.74, 6) is 0.832. The Hall–Kier alpha value is -1.55. The first kappa shape index (κ1) is 15.8. The number of benzene rings is 1. The van der Waals surface area contributed by atoms with Gasteiger partial charge in [0.1, 0.15) is 5.75 Å². The van der Waals surface area contributed by atoms with Gasteiger partial charge in [0.2, 0.25) is 5.91 Å². The number of hydrogen-bond donors (Lipinski definition) is 1. The number of likely N-dealkylation sites (N-methyl/N-ethyl adjacent to an activating group) is 1. The lowest BCUT2D eigenvalue weighted by Crippen LogP contribution is -2.42. The summed E-state index contributed by atoms with van der Waals surface area (Å²) in [5, 5.41) is 10.4. The molecule has 0 heterocycles. The molecule has 116 valence electrons. The summed E-state index contributed by atoms with van der Waals surface area (Å²) in [6, 6.07) is 5.82. The molecule has 1 amide bonds. The van der Waals surface area contributed by atoms with Crippen molar-refractivity contribution in [1.82, 2.24) is 4.90 Å². The van der Waals surface area contributed by atoms with Crippen molar-refractivity contribution in [2.24, 2.45) is 0 Å². The Bertz CT molecular complexity index is 507. The molecule has 0 aliphatic heterocycles. The van der Waals surface area contributed by atoms with Crippen LogP contribution in [0.5, 0.6) is 5.75 Å². The van der Waals surface area contributed by atoms with Crippen LogP contribution in [0.4, 0.5) is 0 Å². The zero-order chi connectivity index (χ0) is 15.5.